The van der Waals surface area contributed by atoms with E-state index in [9.17, 15) is 15.2 Å². The topological polar surface area (TPSA) is 94.7 Å². The van der Waals surface area contributed by atoms with E-state index in [1.165, 1.54) is 0 Å². The van der Waals surface area contributed by atoms with Gasteiger partial charge in [0.1, 0.15) is 5.15 Å². The minimum atomic E-state index is -0.572. The molecule has 1 heterocycles. The Labute approximate surface area is 131 Å². The summed E-state index contributed by atoms with van der Waals surface area (Å²) in [7, 11) is 0. The second kappa shape index (κ2) is 6.76. The Kier molecular flexibility index (Phi) is 4.99. The molecule has 0 aliphatic carbocycles. The first-order valence-corrected chi connectivity index (χ1v) is 7.08. The molecule has 22 heavy (non-hydrogen) atoms. The fourth-order valence-electron chi connectivity index (χ4n) is 2.11. The third kappa shape index (κ3) is 2.90. The van der Waals surface area contributed by atoms with Crippen LogP contribution in [0.15, 0.2) is 12.1 Å². The van der Waals surface area contributed by atoms with Gasteiger partial charge in [0, 0.05) is 10.9 Å². The van der Waals surface area contributed by atoms with E-state index in [1.807, 2.05) is 0 Å². The van der Waals surface area contributed by atoms with Gasteiger partial charge in [-0.2, -0.15) is 0 Å². The van der Waals surface area contributed by atoms with Gasteiger partial charge in [0.05, 0.1) is 24.7 Å². The predicted octanol–water partition coefficient (Wildman–Crippen LogP) is 3.09. The van der Waals surface area contributed by atoms with E-state index in [4.69, 9.17) is 21.1 Å². The molecule has 0 saturated carbocycles. The number of halogens is 1. The number of hydrogen-bond donors (Lipinski definition) is 1. The highest BCUT2D eigenvalue weighted by Gasteiger charge is 2.27. The van der Waals surface area contributed by atoms with Crippen LogP contribution in [0.5, 0.6) is 11.5 Å². The molecule has 0 unspecified atom stereocenters. The van der Waals surface area contributed by atoms with Crippen LogP contribution < -0.4 is 9.47 Å². The number of aliphatic hydroxyl groups excluding tert-OH is 1. The molecule has 2 aromatic rings. The Bertz CT molecular complexity index is 720. The number of rotatable bonds is 6. The van der Waals surface area contributed by atoms with Gasteiger partial charge in [0.15, 0.2) is 11.3 Å². The molecule has 0 spiro atoms. The lowest BCUT2D eigenvalue weighted by molar-refractivity contribution is -0.384. The van der Waals surface area contributed by atoms with Crippen molar-refractivity contribution in [2.75, 3.05) is 13.2 Å². The first-order chi connectivity index (χ1) is 10.5. The van der Waals surface area contributed by atoms with Gasteiger partial charge in [-0.15, -0.1) is 0 Å². The summed E-state index contributed by atoms with van der Waals surface area (Å²) in [5, 5.41) is 21.2. The maximum Gasteiger partial charge on any atom is 0.340 e. The molecule has 0 aliphatic rings. The fraction of sp³-hybridized carbons (Fsp3) is 0.357. The van der Waals surface area contributed by atoms with Crippen LogP contribution in [-0.4, -0.2) is 28.2 Å². The number of aromatic nitrogens is 1. The Morgan fingerprint density at radius 2 is 2.00 bits per heavy atom. The summed E-state index contributed by atoms with van der Waals surface area (Å²) in [5.74, 6) is 0.290. The molecule has 0 saturated heterocycles. The molecule has 0 amide bonds. The van der Waals surface area contributed by atoms with Gasteiger partial charge in [0.2, 0.25) is 5.75 Å². The average molecular weight is 327 g/mol. The Hall–Kier alpha value is -2.12. The fourth-order valence-corrected chi connectivity index (χ4v) is 2.31. The smallest absolute Gasteiger partial charge is 0.340 e. The van der Waals surface area contributed by atoms with Gasteiger partial charge in [-0.25, -0.2) is 4.98 Å². The Balaban J connectivity index is 2.86. The summed E-state index contributed by atoms with van der Waals surface area (Å²) < 4.78 is 10.8. The highest BCUT2D eigenvalue weighted by molar-refractivity contribution is 6.30. The summed E-state index contributed by atoms with van der Waals surface area (Å²) in [6.45, 7) is 3.75. The minimum Gasteiger partial charge on any atom is -0.490 e. The molecule has 0 bridgehead atoms. The molecule has 0 radical (unpaired) electrons. The number of benzene rings is 1. The molecule has 118 valence electrons. The number of pyridine rings is 1. The van der Waals surface area contributed by atoms with Crippen LogP contribution in [0.1, 0.15) is 19.4 Å². The summed E-state index contributed by atoms with van der Waals surface area (Å²) in [6, 6.07) is 3.15. The molecule has 0 aliphatic heterocycles. The first-order valence-electron chi connectivity index (χ1n) is 6.70. The highest BCUT2D eigenvalue weighted by atomic mass is 35.5. The van der Waals surface area contributed by atoms with E-state index in [0.29, 0.717) is 17.6 Å². The largest absolute Gasteiger partial charge is 0.490 e. The van der Waals surface area contributed by atoms with Crippen LogP contribution in [0.25, 0.3) is 10.9 Å². The molecule has 0 atom stereocenters. The molecule has 1 aromatic heterocycles. The van der Waals surface area contributed by atoms with E-state index < -0.39 is 4.92 Å². The molecular formula is C14H15ClN2O5. The average Bonchev–Trinajstić information content (AvgIpc) is 2.47. The number of aliphatic hydroxyl groups is 1. The minimum absolute atomic E-state index is 0.0182. The first kappa shape index (κ1) is 16.3. The summed E-state index contributed by atoms with van der Waals surface area (Å²) in [4.78, 5) is 14.9. The van der Waals surface area contributed by atoms with Crippen LogP contribution in [-0.2, 0) is 6.61 Å². The van der Waals surface area contributed by atoms with Crippen LogP contribution in [0.3, 0.4) is 0 Å². The SMILES string of the molecule is CCOc1cc2cc(CO)c(Cl)nc2c([N+](=O)[O-])c1OCC. The standard InChI is InChI=1S/C14H15ClN2O5/c1-3-21-10-6-8-5-9(7-18)14(15)16-11(8)12(17(19)20)13(10)22-4-2/h5-6,18H,3-4,7H2,1-2H3. The van der Waals surface area contributed by atoms with E-state index in [2.05, 4.69) is 4.98 Å². The van der Waals surface area contributed by atoms with Crippen molar-refractivity contribution in [3.63, 3.8) is 0 Å². The zero-order valence-corrected chi connectivity index (χ0v) is 12.9. The molecule has 2 rings (SSSR count). The Morgan fingerprint density at radius 3 is 2.55 bits per heavy atom. The van der Waals surface area contributed by atoms with Crippen molar-refractivity contribution < 1.29 is 19.5 Å². The zero-order chi connectivity index (χ0) is 16.3. The third-order valence-electron chi connectivity index (χ3n) is 2.97. The van der Waals surface area contributed by atoms with E-state index in [-0.39, 0.29) is 41.1 Å². The van der Waals surface area contributed by atoms with Crippen LogP contribution in [0.4, 0.5) is 5.69 Å². The summed E-state index contributed by atoms with van der Waals surface area (Å²) >= 11 is 5.94. The van der Waals surface area contributed by atoms with Gasteiger partial charge >= 0.3 is 5.69 Å². The normalized spacial score (nSPS) is 10.7. The number of nitro benzene ring substituents is 1. The number of hydrogen-bond acceptors (Lipinski definition) is 6. The molecule has 0 fully saturated rings. The molecule has 7 nitrogen and oxygen atoms in total. The number of nitrogens with zero attached hydrogens (tertiary/aromatic N) is 2. The van der Waals surface area contributed by atoms with Gasteiger partial charge in [-0.3, -0.25) is 10.1 Å². The quantitative estimate of drug-likeness (QED) is 0.498. The number of ether oxygens (including phenoxy) is 2. The summed E-state index contributed by atoms with van der Waals surface area (Å²) in [5.41, 5.74) is 0.184. The predicted molar refractivity (Wildman–Crippen MR) is 81.7 cm³/mol. The summed E-state index contributed by atoms with van der Waals surface area (Å²) in [6.07, 6.45) is 0. The van der Waals surface area contributed by atoms with Gasteiger partial charge in [-0.05, 0) is 26.0 Å². The maximum absolute atomic E-state index is 11.5. The van der Waals surface area contributed by atoms with E-state index >= 15 is 0 Å². The number of nitro groups is 1. The Morgan fingerprint density at radius 1 is 1.32 bits per heavy atom. The second-order valence-electron chi connectivity index (χ2n) is 4.34. The van der Waals surface area contributed by atoms with Crippen molar-refractivity contribution in [1.82, 2.24) is 4.98 Å². The van der Waals surface area contributed by atoms with E-state index in [1.54, 1.807) is 26.0 Å². The molecular weight excluding hydrogens is 312 g/mol. The van der Waals surface area contributed by atoms with Crippen molar-refractivity contribution in [3.8, 4) is 11.5 Å². The lowest BCUT2D eigenvalue weighted by Gasteiger charge is -2.13. The van der Waals surface area contributed by atoms with Gasteiger partial charge in [-0.1, -0.05) is 11.6 Å². The van der Waals surface area contributed by atoms with Crippen molar-refractivity contribution in [2.45, 2.75) is 20.5 Å². The van der Waals surface area contributed by atoms with Crippen molar-refractivity contribution in [1.29, 1.82) is 0 Å². The lowest BCUT2D eigenvalue weighted by Crippen LogP contribution is -2.04. The molecule has 1 N–H and O–H groups in total. The van der Waals surface area contributed by atoms with Crippen LogP contribution >= 0.6 is 11.6 Å². The van der Waals surface area contributed by atoms with Crippen LogP contribution in [0, 0.1) is 10.1 Å². The van der Waals surface area contributed by atoms with Gasteiger partial charge in [0.25, 0.3) is 0 Å². The van der Waals surface area contributed by atoms with Crippen molar-refractivity contribution in [2.24, 2.45) is 0 Å². The zero-order valence-electron chi connectivity index (χ0n) is 12.1. The monoisotopic (exact) mass is 326 g/mol. The third-order valence-corrected chi connectivity index (χ3v) is 3.30. The molecule has 8 heteroatoms. The van der Waals surface area contributed by atoms with Crippen LogP contribution in [0.2, 0.25) is 5.15 Å². The molecule has 1 aromatic carbocycles. The van der Waals surface area contributed by atoms with Crippen molar-refractivity contribution in [3.05, 3.63) is 33.0 Å². The maximum atomic E-state index is 11.5. The second-order valence-corrected chi connectivity index (χ2v) is 4.70. The number of fused-ring (bicyclic) bond motifs is 1. The van der Waals surface area contributed by atoms with Crippen molar-refractivity contribution >= 4 is 28.2 Å². The lowest BCUT2D eigenvalue weighted by atomic mass is 10.1. The van der Waals surface area contributed by atoms with E-state index in [0.717, 1.165) is 0 Å². The van der Waals surface area contributed by atoms with Gasteiger partial charge < -0.3 is 14.6 Å². The highest BCUT2D eigenvalue weighted by Crippen LogP contribution is 2.43.